The number of aromatic nitrogens is 3. The third-order valence-corrected chi connectivity index (χ3v) is 4.11. The molecule has 3 rings (SSSR count). The summed E-state index contributed by atoms with van der Waals surface area (Å²) in [6, 6.07) is 13.7. The Kier molecular flexibility index (Phi) is 4.41. The van der Waals surface area contributed by atoms with E-state index in [2.05, 4.69) is 40.4 Å². The lowest BCUT2D eigenvalue weighted by Gasteiger charge is -2.04. The molecule has 0 atom stereocenters. The van der Waals surface area contributed by atoms with Crippen LogP contribution in [0.25, 0.3) is 11.4 Å². The minimum Gasteiger partial charge on any atom is -0.250 e. The SMILES string of the molecule is Cc1ccc(C)c(/C=N\n2c(-c3ccccc3Cl)n[nH]c2=S)c1. The van der Waals surface area contributed by atoms with Crippen LogP contribution < -0.4 is 0 Å². The number of hydrogen-bond acceptors (Lipinski definition) is 3. The fourth-order valence-electron chi connectivity index (χ4n) is 2.23. The molecular formula is C17H15ClN4S. The molecule has 3 aromatic rings. The van der Waals surface area contributed by atoms with Gasteiger partial charge in [0.2, 0.25) is 4.77 Å². The molecule has 6 heteroatoms. The highest BCUT2D eigenvalue weighted by Crippen LogP contribution is 2.25. The van der Waals surface area contributed by atoms with Gasteiger partial charge in [0, 0.05) is 5.56 Å². The summed E-state index contributed by atoms with van der Waals surface area (Å²) in [6.45, 7) is 4.10. The summed E-state index contributed by atoms with van der Waals surface area (Å²) < 4.78 is 2.00. The Morgan fingerprint density at radius 2 is 2.00 bits per heavy atom. The molecule has 2 aromatic carbocycles. The Morgan fingerprint density at radius 3 is 2.78 bits per heavy atom. The van der Waals surface area contributed by atoms with E-state index in [1.165, 1.54) is 5.56 Å². The van der Waals surface area contributed by atoms with E-state index in [0.29, 0.717) is 15.6 Å². The molecule has 0 saturated heterocycles. The molecule has 0 aliphatic carbocycles. The van der Waals surface area contributed by atoms with Crippen LogP contribution >= 0.6 is 23.8 Å². The number of halogens is 1. The number of aromatic amines is 1. The van der Waals surface area contributed by atoms with Gasteiger partial charge >= 0.3 is 0 Å². The van der Waals surface area contributed by atoms with E-state index in [1.807, 2.05) is 31.2 Å². The first kappa shape index (κ1) is 15.6. The van der Waals surface area contributed by atoms with Gasteiger partial charge in [-0.2, -0.15) is 14.9 Å². The first-order valence-electron chi connectivity index (χ1n) is 7.10. The number of H-pyrrole nitrogens is 1. The van der Waals surface area contributed by atoms with Crippen molar-refractivity contribution in [3.63, 3.8) is 0 Å². The van der Waals surface area contributed by atoms with E-state index < -0.39 is 0 Å². The largest absolute Gasteiger partial charge is 0.250 e. The van der Waals surface area contributed by atoms with Gasteiger partial charge in [0.15, 0.2) is 5.82 Å². The standard InChI is InChI=1S/C17H15ClN4S/c1-11-7-8-12(2)13(9-11)10-19-22-16(20-21-17(22)23)14-5-3-4-6-15(14)18/h3-10H,1-2H3,(H,21,23)/b19-10-. The third-order valence-electron chi connectivity index (χ3n) is 3.51. The van der Waals surface area contributed by atoms with Crippen molar-refractivity contribution in [3.8, 4) is 11.4 Å². The average Bonchev–Trinajstić information content (AvgIpc) is 2.89. The third kappa shape index (κ3) is 3.25. The van der Waals surface area contributed by atoms with E-state index in [1.54, 1.807) is 10.9 Å². The highest BCUT2D eigenvalue weighted by Gasteiger charge is 2.11. The smallest absolute Gasteiger partial charge is 0.216 e. The molecule has 0 spiro atoms. The number of hydrogen-bond donors (Lipinski definition) is 1. The quantitative estimate of drug-likeness (QED) is 0.551. The fourth-order valence-corrected chi connectivity index (χ4v) is 2.63. The molecule has 0 aliphatic heterocycles. The summed E-state index contributed by atoms with van der Waals surface area (Å²) in [7, 11) is 0. The first-order valence-corrected chi connectivity index (χ1v) is 7.89. The zero-order chi connectivity index (χ0) is 16.4. The number of rotatable bonds is 3. The Hall–Kier alpha value is -2.24. The number of nitrogens with one attached hydrogen (secondary N) is 1. The lowest BCUT2D eigenvalue weighted by molar-refractivity contribution is 0.871. The van der Waals surface area contributed by atoms with E-state index >= 15 is 0 Å². The zero-order valence-electron chi connectivity index (χ0n) is 12.7. The van der Waals surface area contributed by atoms with Crippen LogP contribution in [0.2, 0.25) is 5.02 Å². The van der Waals surface area contributed by atoms with Crippen molar-refractivity contribution in [1.29, 1.82) is 0 Å². The molecule has 0 radical (unpaired) electrons. The van der Waals surface area contributed by atoms with E-state index in [0.717, 1.165) is 16.7 Å². The van der Waals surface area contributed by atoms with Crippen LogP contribution in [-0.4, -0.2) is 21.1 Å². The van der Waals surface area contributed by atoms with E-state index in [9.17, 15) is 0 Å². The molecule has 0 amide bonds. The monoisotopic (exact) mass is 342 g/mol. The molecule has 0 bridgehead atoms. The van der Waals surface area contributed by atoms with Crippen LogP contribution in [0.5, 0.6) is 0 Å². The normalized spacial score (nSPS) is 11.3. The van der Waals surface area contributed by atoms with Crippen LogP contribution in [0.15, 0.2) is 47.6 Å². The molecule has 116 valence electrons. The van der Waals surface area contributed by atoms with Crippen molar-refractivity contribution >= 4 is 30.0 Å². The van der Waals surface area contributed by atoms with Gasteiger partial charge in [-0.3, -0.25) is 0 Å². The molecule has 4 nitrogen and oxygen atoms in total. The van der Waals surface area contributed by atoms with Crippen molar-refractivity contribution in [2.45, 2.75) is 13.8 Å². The lowest BCUT2D eigenvalue weighted by atomic mass is 10.1. The molecule has 1 aromatic heterocycles. The maximum atomic E-state index is 6.25. The summed E-state index contributed by atoms with van der Waals surface area (Å²) in [4.78, 5) is 0. The molecule has 0 saturated carbocycles. The van der Waals surface area contributed by atoms with Gasteiger partial charge in [0.25, 0.3) is 0 Å². The molecule has 23 heavy (non-hydrogen) atoms. The van der Waals surface area contributed by atoms with Crippen LogP contribution in [0.1, 0.15) is 16.7 Å². The Morgan fingerprint density at radius 1 is 1.22 bits per heavy atom. The first-order chi connectivity index (χ1) is 11.1. The maximum Gasteiger partial charge on any atom is 0.216 e. The van der Waals surface area contributed by atoms with Gasteiger partial charge in [-0.05, 0) is 49.3 Å². The number of benzene rings is 2. The molecule has 1 heterocycles. The molecule has 0 aliphatic rings. The maximum absolute atomic E-state index is 6.25. The predicted molar refractivity (Wildman–Crippen MR) is 96.8 cm³/mol. The van der Waals surface area contributed by atoms with Gasteiger partial charge in [-0.25, -0.2) is 5.10 Å². The van der Waals surface area contributed by atoms with Crippen molar-refractivity contribution in [3.05, 3.63) is 68.9 Å². The Bertz CT molecular complexity index is 940. The zero-order valence-corrected chi connectivity index (χ0v) is 14.3. The summed E-state index contributed by atoms with van der Waals surface area (Å²) in [5, 5.41) is 12.1. The van der Waals surface area contributed by atoms with Crippen molar-refractivity contribution in [1.82, 2.24) is 14.9 Å². The summed E-state index contributed by atoms with van der Waals surface area (Å²) in [5.41, 5.74) is 4.14. The number of aryl methyl sites for hydroxylation is 2. The van der Waals surface area contributed by atoms with Crippen LogP contribution in [-0.2, 0) is 0 Å². The average molecular weight is 343 g/mol. The number of nitrogens with zero attached hydrogens (tertiary/aromatic N) is 3. The van der Waals surface area contributed by atoms with Crippen molar-refractivity contribution in [2.75, 3.05) is 0 Å². The minimum absolute atomic E-state index is 0.418. The van der Waals surface area contributed by atoms with Crippen LogP contribution in [0.3, 0.4) is 0 Å². The Labute approximate surface area is 144 Å². The van der Waals surface area contributed by atoms with E-state index in [-0.39, 0.29) is 0 Å². The lowest BCUT2D eigenvalue weighted by Crippen LogP contribution is -1.97. The van der Waals surface area contributed by atoms with Gasteiger partial charge in [-0.15, -0.1) is 0 Å². The van der Waals surface area contributed by atoms with Crippen molar-refractivity contribution in [2.24, 2.45) is 5.10 Å². The second kappa shape index (κ2) is 6.48. The van der Waals surface area contributed by atoms with Gasteiger partial charge in [0.05, 0.1) is 11.2 Å². The van der Waals surface area contributed by atoms with Gasteiger partial charge in [0.1, 0.15) is 0 Å². The van der Waals surface area contributed by atoms with Gasteiger partial charge < -0.3 is 0 Å². The highest BCUT2D eigenvalue weighted by molar-refractivity contribution is 7.71. The summed E-state index contributed by atoms with van der Waals surface area (Å²) in [5.74, 6) is 0.585. The van der Waals surface area contributed by atoms with Crippen LogP contribution in [0, 0.1) is 18.6 Å². The Balaban J connectivity index is 2.06. The molecule has 0 unspecified atom stereocenters. The topological polar surface area (TPSA) is 46.0 Å². The van der Waals surface area contributed by atoms with Crippen LogP contribution in [0.4, 0.5) is 0 Å². The predicted octanol–water partition coefficient (Wildman–Crippen LogP) is 4.76. The molecule has 1 N–H and O–H groups in total. The fraction of sp³-hybridized carbons (Fsp3) is 0.118. The highest BCUT2D eigenvalue weighted by atomic mass is 35.5. The van der Waals surface area contributed by atoms with Gasteiger partial charge in [-0.1, -0.05) is 47.5 Å². The minimum atomic E-state index is 0.418. The summed E-state index contributed by atoms with van der Waals surface area (Å²) in [6.07, 6.45) is 1.79. The molecular weight excluding hydrogens is 328 g/mol. The summed E-state index contributed by atoms with van der Waals surface area (Å²) >= 11 is 11.5. The molecule has 0 fully saturated rings. The van der Waals surface area contributed by atoms with Crippen molar-refractivity contribution < 1.29 is 0 Å². The second-order valence-electron chi connectivity index (χ2n) is 5.25. The van der Waals surface area contributed by atoms with E-state index in [4.69, 9.17) is 23.8 Å². The second-order valence-corrected chi connectivity index (χ2v) is 6.04.